The number of rotatable bonds is 3. The largest absolute Gasteiger partial charge is 0.381 e. The average molecular weight is 308 g/mol. The zero-order chi connectivity index (χ0) is 15.6. The van der Waals surface area contributed by atoms with Crippen LogP contribution in [0.3, 0.4) is 0 Å². The second-order valence-corrected chi connectivity index (χ2v) is 5.72. The van der Waals surface area contributed by atoms with E-state index in [2.05, 4.69) is 32.5 Å². The summed E-state index contributed by atoms with van der Waals surface area (Å²) in [7, 11) is 0. The van der Waals surface area contributed by atoms with Crippen molar-refractivity contribution in [3.63, 3.8) is 0 Å². The number of hydrogen-bond acceptors (Lipinski definition) is 6. The Labute approximate surface area is 133 Å². The third-order valence-electron chi connectivity index (χ3n) is 4.01. The van der Waals surface area contributed by atoms with Gasteiger partial charge in [-0.1, -0.05) is 17.3 Å². The molecule has 1 atom stereocenters. The van der Waals surface area contributed by atoms with Crippen molar-refractivity contribution in [2.45, 2.75) is 19.3 Å². The van der Waals surface area contributed by atoms with Crippen molar-refractivity contribution in [1.82, 2.24) is 20.3 Å². The van der Waals surface area contributed by atoms with Gasteiger partial charge in [-0.05, 0) is 42.7 Å². The third-order valence-corrected chi connectivity index (χ3v) is 4.01. The number of ether oxygens (including phenoxy) is 1. The van der Waals surface area contributed by atoms with Crippen LogP contribution in [0.1, 0.15) is 23.5 Å². The van der Waals surface area contributed by atoms with Crippen LogP contribution in [-0.4, -0.2) is 33.6 Å². The molecule has 1 saturated heterocycles. The summed E-state index contributed by atoms with van der Waals surface area (Å²) < 4.78 is 10.8. The Kier molecular flexibility index (Phi) is 3.59. The molecule has 0 spiro atoms. The van der Waals surface area contributed by atoms with Gasteiger partial charge in [-0.2, -0.15) is 10.1 Å². The molecule has 4 rings (SSSR count). The van der Waals surface area contributed by atoms with Crippen LogP contribution in [0.4, 0.5) is 0 Å². The van der Waals surface area contributed by atoms with E-state index in [0.717, 1.165) is 30.8 Å². The standard InChI is InChI=1S/C17H16N4O2/c1-11-8-15(20-18-9-11)16-19-17(23-21-16)13-4-2-12(3-5-13)14-6-7-22-10-14/h2-5,8-9,14H,6-7,10H2,1H3. The monoisotopic (exact) mass is 308 g/mol. The smallest absolute Gasteiger partial charge is 0.258 e. The molecule has 1 aromatic carbocycles. The van der Waals surface area contributed by atoms with Gasteiger partial charge in [0, 0.05) is 18.1 Å². The highest BCUT2D eigenvalue weighted by Crippen LogP contribution is 2.28. The van der Waals surface area contributed by atoms with Gasteiger partial charge in [-0.15, -0.1) is 5.10 Å². The topological polar surface area (TPSA) is 73.9 Å². The van der Waals surface area contributed by atoms with Crippen LogP contribution in [0.5, 0.6) is 0 Å². The molecular weight excluding hydrogens is 292 g/mol. The molecule has 0 aliphatic carbocycles. The molecule has 0 N–H and O–H groups in total. The summed E-state index contributed by atoms with van der Waals surface area (Å²) >= 11 is 0. The fraction of sp³-hybridized carbons (Fsp3) is 0.294. The van der Waals surface area contributed by atoms with Crippen LogP contribution in [-0.2, 0) is 4.74 Å². The highest BCUT2D eigenvalue weighted by molar-refractivity contribution is 5.57. The fourth-order valence-corrected chi connectivity index (χ4v) is 2.71. The molecule has 1 aliphatic heterocycles. The Hall–Kier alpha value is -2.60. The second kappa shape index (κ2) is 5.89. The van der Waals surface area contributed by atoms with E-state index < -0.39 is 0 Å². The summed E-state index contributed by atoms with van der Waals surface area (Å²) in [5, 5.41) is 11.9. The molecule has 0 amide bonds. The lowest BCUT2D eigenvalue weighted by molar-refractivity contribution is 0.194. The lowest BCUT2D eigenvalue weighted by atomic mass is 9.97. The predicted molar refractivity (Wildman–Crippen MR) is 83.7 cm³/mol. The van der Waals surface area contributed by atoms with Crippen molar-refractivity contribution in [3.05, 3.63) is 47.7 Å². The van der Waals surface area contributed by atoms with Crippen LogP contribution in [0, 0.1) is 6.92 Å². The number of benzene rings is 1. The van der Waals surface area contributed by atoms with Gasteiger partial charge >= 0.3 is 0 Å². The highest BCUT2D eigenvalue weighted by atomic mass is 16.5. The molecule has 0 saturated carbocycles. The summed E-state index contributed by atoms with van der Waals surface area (Å²) in [6.07, 6.45) is 2.77. The van der Waals surface area contributed by atoms with Crippen molar-refractivity contribution in [1.29, 1.82) is 0 Å². The predicted octanol–water partition coefficient (Wildman–Crippen LogP) is 3.01. The number of hydrogen-bond donors (Lipinski definition) is 0. The Bertz CT molecular complexity index is 807. The molecule has 116 valence electrons. The minimum atomic E-state index is 0.449. The van der Waals surface area contributed by atoms with Crippen LogP contribution < -0.4 is 0 Å². The van der Waals surface area contributed by atoms with E-state index in [1.54, 1.807) is 6.20 Å². The lowest BCUT2D eigenvalue weighted by Crippen LogP contribution is -1.96. The van der Waals surface area contributed by atoms with Crippen molar-refractivity contribution in [3.8, 4) is 23.0 Å². The van der Waals surface area contributed by atoms with E-state index in [1.165, 1.54) is 5.56 Å². The van der Waals surface area contributed by atoms with Crippen LogP contribution in [0.2, 0.25) is 0 Å². The van der Waals surface area contributed by atoms with Gasteiger partial charge < -0.3 is 9.26 Å². The van der Waals surface area contributed by atoms with Gasteiger partial charge in [-0.3, -0.25) is 0 Å². The first-order valence-electron chi connectivity index (χ1n) is 7.61. The van der Waals surface area contributed by atoms with Gasteiger partial charge in [0.15, 0.2) is 0 Å². The maximum absolute atomic E-state index is 5.43. The SMILES string of the molecule is Cc1cnnc(-c2noc(-c3ccc(C4CCOC4)cc3)n2)c1. The Morgan fingerprint density at radius 1 is 1.17 bits per heavy atom. The molecule has 3 heterocycles. The molecule has 23 heavy (non-hydrogen) atoms. The average Bonchev–Trinajstić information content (AvgIpc) is 3.27. The normalized spacial score (nSPS) is 17.5. The summed E-state index contributed by atoms with van der Waals surface area (Å²) in [4.78, 5) is 4.41. The molecule has 0 radical (unpaired) electrons. The first-order chi connectivity index (χ1) is 11.3. The van der Waals surface area contributed by atoms with E-state index >= 15 is 0 Å². The molecule has 6 heteroatoms. The summed E-state index contributed by atoms with van der Waals surface area (Å²) in [6.45, 7) is 3.59. The number of aromatic nitrogens is 4. The third kappa shape index (κ3) is 2.85. The van der Waals surface area contributed by atoms with E-state index in [-0.39, 0.29) is 0 Å². The van der Waals surface area contributed by atoms with Crippen LogP contribution >= 0.6 is 0 Å². The van der Waals surface area contributed by atoms with Crippen molar-refractivity contribution < 1.29 is 9.26 Å². The van der Waals surface area contributed by atoms with E-state index in [1.807, 2.05) is 25.1 Å². The zero-order valence-corrected chi connectivity index (χ0v) is 12.8. The fourth-order valence-electron chi connectivity index (χ4n) is 2.71. The quantitative estimate of drug-likeness (QED) is 0.740. The Balaban J connectivity index is 1.59. The Morgan fingerprint density at radius 3 is 2.78 bits per heavy atom. The van der Waals surface area contributed by atoms with E-state index in [0.29, 0.717) is 23.3 Å². The first kappa shape index (κ1) is 14.0. The molecule has 6 nitrogen and oxygen atoms in total. The van der Waals surface area contributed by atoms with Gasteiger partial charge in [0.1, 0.15) is 5.69 Å². The van der Waals surface area contributed by atoms with E-state index in [4.69, 9.17) is 9.26 Å². The van der Waals surface area contributed by atoms with Crippen molar-refractivity contribution in [2.75, 3.05) is 13.2 Å². The summed E-state index contributed by atoms with van der Waals surface area (Å²) in [5.74, 6) is 1.42. The van der Waals surface area contributed by atoms with Gasteiger partial charge in [0.05, 0.1) is 12.8 Å². The minimum Gasteiger partial charge on any atom is -0.381 e. The zero-order valence-electron chi connectivity index (χ0n) is 12.8. The number of nitrogens with zero attached hydrogens (tertiary/aromatic N) is 4. The van der Waals surface area contributed by atoms with Crippen molar-refractivity contribution >= 4 is 0 Å². The van der Waals surface area contributed by atoms with Gasteiger partial charge in [-0.25, -0.2) is 0 Å². The van der Waals surface area contributed by atoms with Crippen LogP contribution in [0.25, 0.3) is 23.0 Å². The maximum Gasteiger partial charge on any atom is 0.258 e. The molecule has 2 aromatic heterocycles. The van der Waals surface area contributed by atoms with E-state index in [9.17, 15) is 0 Å². The van der Waals surface area contributed by atoms with Crippen molar-refractivity contribution in [2.24, 2.45) is 0 Å². The lowest BCUT2D eigenvalue weighted by Gasteiger charge is -2.07. The molecule has 0 bridgehead atoms. The van der Waals surface area contributed by atoms with Gasteiger partial charge in [0.2, 0.25) is 5.82 Å². The first-order valence-corrected chi connectivity index (χ1v) is 7.61. The maximum atomic E-state index is 5.43. The summed E-state index contributed by atoms with van der Waals surface area (Å²) in [6, 6.07) is 10.1. The molecule has 1 unspecified atom stereocenters. The Morgan fingerprint density at radius 2 is 2.04 bits per heavy atom. The summed E-state index contributed by atoms with van der Waals surface area (Å²) in [5.41, 5.74) is 3.80. The molecular formula is C17H16N4O2. The molecule has 1 fully saturated rings. The second-order valence-electron chi connectivity index (χ2n) is 5.72. The number of aryl methyl sites for hydroxylation is 1. The highest BCUT2D eigenvalue weighted by Gasteiger charge is 2.18. The molecule has 1 aliphatic rings. The molecule has 3 aromatic rings. The van der Waals surface area contributed by atoms with Crippen LogP contribution in [0.15, 0.2) is 41.1 Å². The minimum absolute atomic E-state index is 0.449. The van der Waals surface area contributed by atoms with Gasteiger partial charge in [0.25, 0.3) is 5.89 Å².